The minimum Gasteiger partial charge on any atom is -0.481 e. The van der Waals surface area contributed by atoms with Crippen LogP contribution in [0.2, 0.25) is 0 Å². The second-order valence-electron chi connectivity index (χ2n) is 5.74. The van der Waals surface area contributed by atoms with Crippen molar-refractivity contribution in [2.24, 2.45) is 5.92 Å². The molecule has 1 heterocycles. The van der Waals surface area contributed by atoms with Crippen LogP contribution in [0.1, 0.15) is 31.7 Å². The van der Waals surface area contributed by atoms with Crippen LogP contribution in [0.5, 0.6) is 5.75 Å². The monoisotopic (exact) mass is 305 g/mol. The zero-order chi connectivity index (χ0) is 16.1. The Kier molecular flexibility index (Phi) is 5.41. The van der Waals surface area contributed by atoms with Gasteiger partial charge in [0.15, 0.2) is 6.10 Å². The minimum atomic E-state index is -0.828. The quantitative estimate of drug-likeness (QED) is 0.907. The van der Waals surface area contributed by atoms with E-state index < -0.39 is 18.0 Å². The average Bonchev–Trinajstić information content (AvgIpc) is 2.53. The number of hydrogen-bond donors (Lipinski definition) is 1. The smallest absolute Gasteiger partial charge is 0.308 e. The predicted molar refractivity (Wildman–Crippen MR) is 82.8 cm³/mol. The fraction of sp³-hybridized carbons (Fsp3) is 0.529. The number of nitrogens with zero attached hydrogens (tertiary/aromatic N) is 1. The highest BCUT2D eigenvalue weighted by Crippen LogP contribution is 2.22. The van der Waals surface area contributed by atoms with Crippen molar-refractivity contribution in [3.05, 3.63) is 29.8 Å². The van der Waals surface area contributed by atoms with Crippen molar-refractivity contribution >= 4 is 11.9 Å². The van der Waals surface area contributed by atoms with Gasteiger partial charge >= 0.3 is 5.97 Å². The number of ether oxygens (including phenoxy) is 1. The average molecular weight is 305 g/mol. The Labute approximate surface area is 130 Å². The molecule has 120 valence electrons. The van der Waals surface area contributed by atoms with E-state index in [2.05, 4.69) is 0 Å². The normalized spacial score (nSPS) is 19.5. The first-order chi connectivity index (χ1) is 10.5. The molecule has 1 aliphatic heterocycles. The molecule has 1 fully saturated rings. The number of amides is 1. The summed E-state index contributed by atoms with van der Waals surface area (Å²) >= 11 is 0. The first kappa shape index (κ1) is 16.3. The summed E-state index contributed by atoms with van der Waals surface area (Å²) in [7, 11) is 0. The number of carboxylic acid groups (broad SMARTS) is 1. The van der Waals surface area contributed by atoms with Crippen LogP contribution >= 0.6 is 0 Å². The Balaban J connectivity index is 2.05. The number of para-hydroxylation sites is 1. The van der Waals surface area contributed by atoms with Crippen molar-refractivity contribution in [2.75, 3.05) is 13.1 Å². The van der Waals surface area contributed by atoms with Gasteiger partial charge in [0.05, 0.1) is 5.92 Å². The molecule has 22 heavy (non-hydrogen) atoms. The third-order valence-electron chi connectivity index (χ3n) is 4.09. The van der Waals surface area contributed by atoms with Gasteiger partial charge in [-0.05, 0) is 37.8 Å². The number of piperidine rings is 1. The zero-order valence-electron chi connectivity index (χ0n) is 13.1. The van der Waals surface area contributed by atoms with E-state index in [0.29, 0.717) is 25.1 Å². The fourth-order valence-electron chi connectivity index (χ4n) is 2.73. The molecule has 5 nitrogen and oxygen atoms in total. The molecule has 1 amide bonds. The lowest BCUT2D eigenvalue weighted by atomic mass is 9.97. The molecule has 0 radical (unpaired) electrons. The summed E-state index contributed by atoms with van der Waals surface area (Å²) in [5.41, 5.74) is 0.982. The van der Waals surface area contributed by atoms with Crippen molar-refractivity contribution in [3.8, 4) is 5.75 Å². The van der Waals surface area contributed by atoms with E-state index in [4.69, 9.17) is 9.84 Å². The van der Waals surface area contributed by atoms with E-state index in [-0.39, 0.29) is 12.5 Å². The molecule has 0 bridgehead atoms. The van der Waals surface area contributed by atoms with Gasteiger partial charge in [-0.1, -0.05) is 25.1 Å². The largest absolute Gasteiger partial charge is 0.481 e. The summed E-state index contributed by atoms with van der Waals surface area (Å²) in [4.78, 5) is 25.4. The van der Waals surface area contributed by atoms with Gasteiger partial charge in [-0.2, -0.15) is 0 Å². The molecule has 0 saturated carbocycles. The molecule has 0 aliphatic carbocycles. The molecule has 5 heteroatoms. The molecular weight excluding hydrogens is 282 g/mol. The highest BCUT2D eigenvalue weighted by Gasteiger charge is 2.32. The lowest BCUT2D eigenvalue weighted by Crippen LogP contribution is -2.48. The number of carbonyl (C=O) groups is 2. The van der Waals surface area contributed by atoms with Gasteiger partial charge in [-0.3, -0.25) is 9.59 Å². The third-order valence-corrected chi connectivity index (χ3v) is 4.09. The van der Waals surface area contributed by atoms with E-state index >= 15 is 0 Å². The van der Waals surface area contributed by atoms with E-state index in [9.17, 15) is 9.59 Å². The Bertz CT molecular complexity index is 543. The summed E-state index contributed by atoms with van der Waals surface area (Å²) in [5, 5.41) is 9.14. The lowest BCUT2D eigenvalue weighted by molar-refractivity contribution is -0.148. The van der Waals surface area contributed by atoms with Gasteiger partial charge in [-0.15, -0.1) is 0 Å². The Hall–Kier alpha value is -2.04. The number of rotatable bonds is 5. The predicted octanol–water partition coefficient (Wildman–Crippen LogP) is 2.48. The lowest BCUT2D eigenvalue weighted by Gasteiger charge is -2.33. The molecule has 1 aromatic carbocycles. The van der Waals surface area contributed by atoms with Crippen LogP contribution in [-0.2, 0) is 9.59 Å². The summed E-state index contributed by atoms with van der Waals surface area (Å²) in [6.07, 6.45) is 1.35. The number of carbonyl (C=O) groups excluding carboxylic acids is 1. The van der Waals surface area contributed by atoms with Crippen LogP contribution in [0.15, 0.2) is 24.3 Å². The van der Waals surface area contributed by atoms with Gasteiger partial charge in [0.2, 0.25) is 0 Å². The van der Waals surface area contributed by atoms with E-state index in [1.807, 2.05) is 38.1 Å². The van der Waals surface area contributed by atoms with Crippen LogP contribution in [0.25, 0.3) is 0 Å². The molecule has 1 N–H and O–H groups in total. The summed E-state index contributed by atoms with van der Waals surface area (Å²) in [5.74, 6) is -0.703. The van der Waals surface area contributed by atoms with Gasteiger partial charge < -0.3 is 14.7 Å². The van der Waals surface area contributed by atoms with Gasteiger partial charge in [0, 0.05) is 13.1 Å². The van der Waals surface area contributed by atoms with Crippen molar-refractivity contribution in [2.45, 2.75) is 39.2 Å². The van der Waals surface area contributed by atoms with Gasteiger partial charge in [0.25, 0.3) is 5.91 Å². The van der Waals surface area contributed by atoms with Crippen LogP contribution in [-0.4, -0.2) is 41.1 Å². The molecule has 1 aliphatic rings. The molecule has 2 unspecified atom stereocenters. The van der Waals surface area contributed by atoms with Crippen molar-refractivity contribution in [3.63, 3.8) is 0 Å². The van der Waals surface area contributed by atoms with Crippen LogP contribution in [0.3, 0.4) is 0 Å². The van der Waals surface area contributed by atoms with E-state index in [1.165, 1.54) is 0 Å². The molecule has 2 atom stereocenters. The second kappa shape index (κ2) is 7.29. The molecule has 0 spiro atoms. The van der Waals surface area contributed by atoms with Gasteiger partial charge in [0.1, 0.15) is 5.75 Å². The summed E-state index contributed by atoms with van der Waals surface area (Å²) < 4.78 is 5.87. The first-order valence-electron chi connectivity index (χ1n) is 7.76. The number of likely N-dealkylation sites (tertiary alicyclic amines) is 1. The van der Waals surface area contributed by atoms with Crippen molar-refractivity contribution in [1.82, 2.24) is 4.90 Å². The van der Waals surface area contributed by atoms with Crippen LogP contribution in [0.4, 0.5) is 0 Å². The highest BCUT2D eigenvalue weighted by atomic mass is 16.5. The third kappa shape index (κ3) is 3.78. The Morgan fingerprint density at radius 2 is 2.14 bits per heavy atom. The molecular formula is C17H23NO4. The second-order valence-corrected chi connectivity index (χ2v) is 5.74. The number of aryl methyl sites for hydroxylation is 1. The van der Waals surface area contributed by atoms with Crippen LogP contribution < -0.4 is 4.74 Å². The molecule has 1 aromatic rings. The highest BCUT2D eigenvalue weighted by molar-refractivity contribution is 5.82. The topological polar surface area (TPSA) is 66.8 Å². The molecule has 0 aromatic heterocycles. The first-order valence-corrected chi connectivity index (χ1v) is 7.76. The fourth-order valence-corrected chi connectivity index (χ4v) is 2.73. The number of benzene rings is 1. The number of hydrogen-bond acceptors (Lipinski definition) is 3. The summed E-state index contributed by atoms with van der Waals surface area (Å²) in [6.45, 7) is 4.73. The van der Waals surface area contributed by atoms with Crippen molar-refractivity contribution in [1.29, 1.82) is 0 Å². The number of carboxylic acids is 1. The maximum Gasteiger partial charge on any atom is 0.308 e. The van der Waals surface area contributed by atoms with Crippen molar-refractivity contribution < 1.29 is 19.4 Å². The zero-order valence-corrected chi connectivity index (χ0v) is 13.1. The SMILES string of the molecule is CCC(Oc1ccccc1C)C(=O)N1CCCC(C(=O)O)C1. The van der Waals surface area contributed by atoms with Crippen LogP contribution in [0, 0.1) is 12.8 Å². The molecule has 2 rings (SSSR count). The van der Waals surface area contributed by atoms with Gasteiger partial charge in [-0.25, -0.2) is 0 Å². The standard InChI is InChI=1S/C17H23NO4/c1-3-14(22-15-9-5-4-7-12(15)2)16(19)18-10-6-8-13(11-18)17(20)21/h4-5,7,9,13-14H,3,6,8,10-11H2,1-2H3,(H,20,21). The maximum absolute atomic E-state index is 12.6. The summed E-state index contributed by atoms with van der Waals surface area (Å²) in [6, 6.07) is 7.59. The van der Waals surface area contributed by atoms with E-state index in [0.717, 1.165) is 12.0 Å². The molecule has 1 saturated heterocycles. The minimum absolute atomic E-state index is 0.114. The Morgan fingerprint density at radius 1 is 1.41 bits per heavy atom. The van der Waals surface area contributed by atoms with E-state index in [1.54, 1.807) is 4.90 Å². The maximum atomic E-state index is 12.6. The number of aliphatic carboxylic acids is 1. The Morgan fingerprint density at radius 3 is 2.77 bits per heavy atom.